The van der Waals surface area contributed by atoms with Gasteiger partial charge in [-0.3, -0.25) is 9.59 Å². The number of piperazine rings is 1. The van der Waals surface area contributed by atoms with E-state index in [9.17, 15) is 14.0 Å². The van der Waals surface area contributed by atoms with Crippen molar-refractivity contribution in [3.63, 3.8) is 0 Å². The van der Waals surface area contributed by atoms with Gasteiger partial charge in [0, 0.05) is 31.1 Å². The van der Waals surface area contributed by atoms with Gasteiger partial charge in [0.25, 0.3) is 17.6 Å². The van der Waals surface area contributed by atoms with E-state index < -0.39 is 17.3 Å². The lowest BCUT2D eigenvalue weighted by Crippen LogP contribution is -2.62. The number of hydrogen-bond donors (Lipinski definition) is 0. The summed E-state index contributed by atoms with van der Waals surface area (Å²) in [5.74, 6) is -0.821. The van der Waals surface area contributed by atoms with Gasteiger partial charge in [-0.15, -0.1) is 15.0 Å². The first-order valence-corrected chi connectivity index (χ1v) is 11.4. The minimum absolute atomic E-state index is 0.104. The first-order chi connectivity index (χ1) is 17.3. The molecule has 1 aliphatic heterocycles. The van der Waals surface area contributed by atoms with Crippen LogP contribution in [0.5, 0.6) is 5.88 Å². The Kier molecular flexibility index (Phi) is 5.83. The first-order valence-electron chi connectivity index (χ1n) is 11.4. The molecule has 4 aromatic rings. The molecule has 0 aliphatic carbocycles. The summed E-state index contributed by atoms with van der Waals surface area (Å²) >= 11 is 0. The van der Waals surface area contributed by atoms with Gasteiger partial charge in [-0.05, 0) is 48.7 Å². The average Bonchev–Trinajstić information content (AvgIpc) is 3.37. The Labute approximate surface area is 206 Å². The van der Waals surface area contributed by atoms with E-state index in [1.165, 1.54) is 25.3 Å². The van der Waals surface area contributed by atoms with Crippen LogP contribution in [0, 0.1) is 5.82 Å². The number of fused-ring (bicyclic) bond motifs is 1. The number of hydrogen-bond acceptors (Lipinski definition) is 7. The summed E-state index contributed by atoms with van der Waals surface area (Å²) in [6.07, 6.45) is 0. The molecule has 2 amide bonds. The maximum Gasteiger partial charge on any atom is 0.296 e. The molecule has 2 aromatic carbocycles. The predicted molar refractivity (Wildman–Crippen MR) is 128 cm³/mol. The number of nitrogens with zero attached hydrogens (tertiary/aromatic N) is 7. The number of pyridine rings is 1. The van der Waals surface area contributed by atoms with E-state index in [1.807, 2.05) is 38.1 Å². The van der Waals surface area contributed by atoms with Crippen LogP contribution in [0.1, 0.15) is 35.0 Å². The van der Waals surface area contributed by atoms with Crippen molar-refractivity contribution in [2.45, 2.75) is 19.4 Å². The van der Waals surface area contributed by atoms with Crippen LogP contribution in [-0.2, 0) is 0 Å². The second-order valence-electron chi connectivity index (χ2n) is 9.12. The number of halogens is 1. The minimum atomic E-state index is -0.712. The maximum atomic E-state index is 13.5. The van der Waals surface area contributed by atoms with Crippen molar-refractivity contribution >= 4 is 22.6 Å². The van der Waals surface area contributed by atoms with Crippen molar-refractivity contribution < 1.29 is 18.7 Å². The smallest absolute Gasteiger partial charge is 0.296 e. The molecule has 0 spiro atoms. The zero-order valence-corrected chi connectivity index (χ0v) is 20.1. The second-order valence-corrected chi connectivity index (χ2v) is 9.12. The van der Waals surface area contributed by atoms with E-state index in [0.29, 0.717) is 18.1 Å². The lowest BCUT2D eigenvalue weighted by Gasteiger charge is -2.46. The highest BCUT2D eigenvalue weighted by Crippen LogP contribution is 2.27. The van der Waals surface area contributed by atoms with Crippen molar-refractivity contribution in [1.29, 1.82) is 0 Å². The molecule has 1 saturated heterocycles. The topological polar surface area (TPSA) is 106 Å². The van der Waals surface area contributed by atoms with Crippen LogP contribution in [0.2, 0.25) is 0 Å². The Balaban J connectivity index is 1.34. The van der Waals surface area contributed by atoms with Gasteiger partial charge in [0.05, 0.1) is 18.3 Å². The molecule has 5 rings (SSSR count). The van der Waals surface area contributed by atoms with Gasteiger partial charge in [0.15, 0.2) is 0 Å². The molecule has 2 aromatic heterocycles. The largest absolute Gasteiger partial charge is 0.481 e. The molecule has 3 heterocycles. The molecule has 0 saturated carbocycles. The van der Waals surface area contributed by atoms with Crippen molar-refractivity contribution in [1.82, 2.24) is 35.0 Å². The fraction of sp³-hybridized carbons (Fsp3) is 0.280. The third-order valence-corrected chi connectivity index (χ3v) is 6.20. The average molecular weight is 490 g/mol. The fourth-order valence-electron chi connectivity index (χ4n) is 4.43. The number of carbonyl (C=O) groups excluding carboxylic acids is 2. The number of aromatic nitrogens is 5. The van der Waals surface area contributed by atoms with E-state index >= 15 is 0 Å². The summed E-state index contributed by atoms with van der Waals surface area (Å²) in [4.78, 5) is 35.5. The third kappa shape index (κ3) is 4.23. The van der Waals surface area contributed by atoms with Crippen molar-refractivity contribution in [3.05, 3.63) is 71.9 Å². The summed E-state index contributed by atoms with van der Waals surface area (Å²) in [6.45, 7) is 4.61. The summed E-state index contributed by atoms with van der Waals surface area (Å²) in [6, 6.07) is 15.0. The molecule has 0 bridgehead atoms. The van der Waals surface area contributed by atoms with Gasteiger partial charge in [-0.2, -0.15) is 0 Å². The zero-order valence-electron chi connectivity index (χ0n) is 20.1. The maximum absolute atomic E-state index is 13.5. The van der Waals surface area contributed by atoms with Crippen LogP contribution in [0.25, 0.3) is 16.5 Å². The summed E-state index contributed by atoms with van der Waals surface area (Å²) in [5, 5.41) is 13.6. The third-order valence-electron chi connectivity index (χ3n) is 6.20. The molecule has 10 nitrogen and oxygen atoms in total. The van der Waals surface area contributed by atoms with Crippen molar-refractivity contribution in [2.24, 2.45) is 0 Å². The Bertz CT molecular complexity index is 1470. The molecule has 11 heteroatoms. The molecule has 1 aliphatic rings. The normalized spacial score (nSPS) is 15.2. The van der Waals surface area contributed by atoms with Crippen LogP contribution in [0.3, 0.4) is 0 Å². The Hall–Kier alpha value is -4.41. The van der Waals surface area contributed by atoms with E-state index in [-0.39, 0.29) is 30.5 Å². The molecular weight excluding hydrogens is 465 g/mol. The molecule has 36 heavy (non-hydrogen) atoms. The van der Waals surface area contributed by atoms with Crippen LogP contribution >= 0.6 is 0 Å². The summed E-state index contributed by atoms with van der Waals surface area (Å²) in [7, 11) is 1.52. The highest BCUT2D eigenvalue weighted by atomic mass is 19.1. The number of tetrazole rings is 1. The molecular formula is C25H24FN7O3. The summed E-state index contributed by atoms with van der Waals surface area (Å²) < 4.78 is 19.0. The number of benzene rings is 2. The van der Waals surface area contributed by atoms with E-state index in [0.717, 1.165) is 15.6 Å². The number of amides is 2. The molecule has 0 atom stereocenters. The van der Waals surface area contributed by atoms with Gasteiger partial charge in [-0.25, -0.2) is 9.37 Å². The number of ether oxygens (including phenoxy) is 1. The lowest BCUT2D eigenvalue weighted by molar-refractivity contribution is 0.0158. The molecule has 0 radical (unpaired) electrons. The van der Waals surface area contributed by atoms with Crippen LogP contribution < -0.4 is 4.74 Å². The monoisotopic (exact) mass is 489 g/mol. The van der Waals surface area contributed by atoms with E-state index in [4.69, 9.17) is 4.74 Å². The molecule has 0 N–H and O–H groups in total. The van der Waals surface area contributed by atoms with E-state index in [2.05, 4.69) is 20.4 Å². The fourth-order valence-corrected chi connectivity index (χ4v) is 4.43. The van der Waals surface area contributed by atoms with Crippen molar-refractivity contribution in [3.8, 4) is 11.6 Å². The lowest BCUT2D eigenvalue weighted by atomic mass is 9.98. The van der Waals surface area contributed by atoms with Crippen molar-refractivity contribution in [2.75, 3.05) is 26.7 Å². The molecule has 0 unspecified atom stereocenters. The van der Waals surface area contributed by atoms with Gasteiger partial charge >= 0.3 is 0 Å². The van der Waals surface area contributed by atoms with Crippen LogP contribution in [0.4, 0.5) is 4.39 Å². The van der Waals surface area contributed by atoms with Crippen LogP contribution in [-0.4, -0.2) is 79.1 Å². The van der Waals surface area contributed by atoms with E-state index in [1.54, 1.807) is 21.9 Å². The number of carbonyl (C=O) groups is 2. The van der Waals surface area contributed by atoms with Gasteiger partial charge in [0.1, 0.15) is 11.5 Å². The zero-order chi connectivity index (χ0) is 25.4. The Morgan fingerprint density at radius 2 is 1.83 bits per heavy atom. The SMILES string of the molecule is COc1nc(C(=O)N2CCN(C(=O)c3nnn(-c4cccc(F)c4)n3)C(C)(C)C2)cc2ccccc12. The van der Waals surface area contributed by atoms with Crippen LogP contribution in [0.15, 0.2) is 54.6 Å². The quantitative estimate of drug-likeness (QED) is 0.434. The van der Waals surface area contributed by atoms with Gasteiger partial charge in [-0.1, -0.05) is 24.3 Å². The Morgan fingerprint density at radius 1 is 1.03 bits per heavy atom. The van der Waals surface area contributed by atoms with Gasteiger partial charge < -0.3 is 14.5 Å². The second kappa shape index (κ2) is 8.99. The Morgan fingerprint density at radius 3 is 2.58 bits per heavy atom. The summed E-state index contributed by atoms with van der Waals surface area (Å²) in [5.41, 5.74) is -0.0775. The molecule has 1 fully saturated rings. The highest BCUT2D eigenvalue weighted by Gasteiger charge is 2.40. The minimum Gasteiger partial charge on any atom is -0.481 e. The van der Waals surface area contributed by atoms with Gasteiger partial charge in [0.2, 0.25) is 5.88 Å². The number of rotatable bonds is 4. The predicted octanol–water partition coefficient (Wildman–Crippen LogP) is 2.74. The first kappa shape index (κ1) is 23.3. The standard InChI is InChI=1S/C25H24FN7O3/c1-25(2)15-31(23(34)20-13-16-7-4-5-10-19(16)22(27-20)36-3)11-12-32(25)24(35)21-28-30-33(29-21)18-9-6-8-17(26)14-18/h4-10,13-14H,11-12,15H2,1-3H3. The molecule has 184 valence electrons. The number of methoxy groups -OCH3 is 1. The highest BCUT2D eigenvalue weighted by molar-refractivity contribution is 5.98.